The molecule has 0 aliphatic carbocycles. The first-order chi connectivity index (χ1) is 7.73. The topological polar surface area (TPSA) is 34.1 Å². The molecule has 88 valence electrons. The van der Waals surface area contributed by atoms with Gasteiger partial charge in [-0.2, -0.15) is 0 Å². The van der Waals surface area contributed by atoms with E-state index in [4.69, 9.17) is 4.74 Å². The zero-order valence-corrected chi connectivity index (χ0v) is 10.1. The van der Waals surface area contributed by atoms with Crippen molar-refractivity contribution >= 4 is 0 Å². The van der Waals surface area contributed by atoms with Gasteiger partial charge in [0.1, 0.15) is 12.4 Å². The first kappa shape index (κ1) is 11.4. The Balaban J connectivity index is 1.97. The van der Waals surface area contributed by atoms with Gasteiger partial charge in [0.15, 0.2) is 0 Å². The summed E-state index contributed by atoms with van der Waals surface area (Å²) in [4.78, 5) is 4.05. The fraction of sp³-hybridized carbons (Fsp3) is 0.615. The van der Waals surface area contributed by atoms with Crippen molar-refractivity contribution in [1.29, 1.82) is 0 Å². The van der Waals surface area contributed by atoms with Crippen molar-refractivity contribution in [3.05, 3.63) is 24.5 Å². The molecule has 1 aromatic heterocycles. The van der Waals surface area contributed by atoms with Gasteiger partial charge in [0.2, 0.25) is 0 Å². The van der Waals surface area contributed by atoms with Gasteiger partial charge in [0.25, 0.3) is 0 Å². The van der Waals surface area contributed by atoms with Crippen LogP contribution in [-0.2, 0) is 0 Å². The summed E-state index contributed by atoms with van der Waals surface area (Å²) in [5.41, 5.74) is 0.149. The minimum Gasteiger partial charge on any atom is -0.490 e. The molecular formula is C13H20N2O. The van der Waals surface area contributed by atoms with Crippen LogP contribution in [0.15, 0.2) is 24.5 Å². The largest absolute Gasteiger partial charge is 0.490 e. The molecule has 1 atom stereocenters. The monoisotopic (exact) mass is 220 g/mol. The lowest BCUT2D eigenvalue weighted by Gasteiger charge is -2.33. The van der Waals surface area contributed by atoms with Crippen molar-refractivity contribution in [3.63, 3.8) is 0 Å². The Labute approximate surface area is 97.2 Å². The van der Waals surface area contributed by atoms with E-state index in [1.807, 2.05) is 12.1 Å². The number of hydrogen-bond donors (Lipinski definition) is 1. The highest BCUT2D eigenvalue weighted by Crippen LogP contribution is 2.28. The van der Waals surface area contributed by atoms with Gasteiger partial charge in [-0.3, -0.25) is 4.98 Å². The Morgan fingerprint density at radius 2 is 2.44 bits per heavy atom. The first-order valence-electron chi connectivity index (χ1n) is 6.01. The maximum Gasteiger partial charge on any atom is 0.137 e. The Morgan fingerprint density at radius 3 is 3.00 bits per heavy atom. The van der Waals surface area contributed by atoms with Crippen molar-refractivity contribution in [1.82, 2.24) is 10.3 Å². The number of nitrogens with one attached hydrogen (secondary N) is 1. The van der Waals surface area contributed by atoms with E-state index in [0.717, 1.165) is 18.9 Å². The molecule has 1 aliphatic rings. The van der Waals surface area contributed by atoms with Crippen LogP contribution in [0, 0.1) is 5.92 Å². The highest BCUT2D eigenvalue weighted by atomic mass is 16.5. The zero-order chi connectivity index (χ0) is 11.4. The molecule has 0 radical (unpaired) electrons. The van der Waals surface area contributed by atoms with Crippen LogP contribution in [0.2, 0.25) is 0 Å². The Kier molecular flexibility index (Phi) is 3.44. The normalized spacial score (nSPS) is 24.9. The summed E-state index contributed by atoms with van der Waals surface area (Å²) in [6.07, 6.45) is 5.97. The molecule has 1 aliphatic heterocycles. The number of rotatable bonds is 4. The molecule has 1 aromatic rings. The average molecular weight is 220 g/mol. The number of ether oxygens (including phenoxy) is 1. The lowest BCUT2D eigenvalue weighted by molar-refractivity contribution is 0.152. The molecule has 2 heterocycles. The molecule has 0 bridgehead atoms. The fourth-order valence-corrected chi connectivity index (χ4v) is 2.26. The van der Waals surface area contributed by atoms with Gasteiger partial charge in [-0.15, -0.1) is 0 Å². The van der Waals surface area contributed by atoms with Crippen LogP contribution in [0.4, 0.5) is 0 Å². The third-order valence-electron chi connectivity index (χ3n) is 3.51. The summed E-state index contributed by atoms with van der Waals surface area (Å²) < 4.78 is 5.83. The summed E-state index contributed by atoms with van der Waals surface area (Å²) in [7, 11) is 0. The van der Waals surface area contributed by atoms with E-state index in [2.05, 4.69) is 24.1 Å². The summed E-state index contributed by atoms with van der Waals surface area (Å²) in [6, 6.07) is 3.86. The van der Waals surface area contributed by atoms with Gasteiger partial charge < -0.3 is 10.1 Å². The summed E-state index contributed by atoms with van der Waals surface area (Å²) in [5.74, 6) is 1.45. The van der Waals surface area contributed by atoms with Gasteiger partial charge >= 0.3 is 0 Å². The van der Waals surface area contributed by atoms with Crippen LogP contribution in [0.3, 0.4) is 0 Å². The van der Waals surface area contributed by atoms with E-state index in [1.165, 1.54) is 12.8 Å². The van der Waals surface area contributed by atoms with E-state index < -0.39 is 0 Å². The molecule has 3 heteroatoms. The molecule has 16 heavy (non-hydrogen) atoms. The molecule has 0 saturated carbocycles. The van der Waals surface area contributed by atoms with Crippen LogP contribution in [0.5, 0.6) is 5.75 Å². The summed E-state index contributed by atoms with van der Waals surface area (Å²) >= 11 is 0. The molecular weight excluding hydrogens is 200 g/mol. The van der Waals surface area contributed by atoms with Crippen molar-refractivity contribution < 1.29 is 4.74 Å². The standard InChI is InChI=1S/C13H20N2O/c1-11(2)13(6-4-8-15-13)10-16-12-5-3-7-14-9-12/h3,5,7,9,11,15H,4,6,8,10H2,1-2H3/t13-/m1/s1. The van der Waals surface area contributed by atoms with Gasteiger partial charge in [-0.05, 0) is 37.4 Å². The Bertz CT molecular complexity index is 318. The molecule has 1 fully saturated rings. The lowest BCUT2D eigenvalue weighted by atomic mass is 9.86. The van der Waals surface area contributed by atoms with Crippen LogP contribution in [-0.4, -0.2) is 23.7 Å². The van der Waals surface area contributed by atoms with E-state index in [9.17, 15) is 0 Å². The molecule has 0 amide bonds. The van der Waals surface area contributed by atoms with Crippen molar-refractivity contribution in [3.8, 4) is 5.75 Å². The summed E-state index contributed by atoms with van der Waals surface area (Å²) in [5, 5.41) is 3.59. The van der Waals surface area contributed by atoms with Crippen LogP contribution >= 0.6 is 0 Å². The number of aromatic nitrogens is 1. The van der Waals surface area contributed by atoms with Gasteiger partial charge in [0.05, 0.1) is 11.7 Å². The minimum absolute atomic E-state index is 0.149. The Hall–Kier alpha value is -1.09. The van der Waals surface area contributed by atoms with Crippen LogP contribution < -0.4 is 10.1 Å². The first-order valence-corrected chi connectivity index (χ1v) is 6.01. The number of pyridine rings is 1. The molecule has 0 unspecified atom stereocenters. The highest BCUT2D eigenvalue weighted by molar-refractivity contribution is 5.16. The Morgan fingerprint density at radius 1 is 1.56 bits per heavy atom. The quantitative estimate of drug-likeness (QED) is 0.845. The molecule has 1 saturated heterocycles. The highest BCUT2D eigenvalue weighted by Gasteiger charge is 2.37. The SMILES string of the molecule is CC(C)[C@]1(COc2cccnc2)CCCN1. The van der Waals surface area contributed by atoms with Gasteiger partial charge in [-0.25, -0.2) is 0 Å². The molecule has 0 spiro atoms. The second-order valence-electron chi connectivity index (χ2n) is 4.82. The third-order valence-corrected chi connectivity index (χ3v) is 3.51. The van der Waals surface area contributed by atoms with Crippen molar-refractivity contribution in [2.45, 2.75) is 32.2 Å². The lowest BCUT2D eigenvalue weighted by Crippen LogP contribution is -2.49. The predicted molar refractivity (Wildman–Crippen MR) is 64.5 cm³/mol. The number of nitrogens with zero attached hydrogens (tertiary/aromatic N) is 1. The van der Waals surface area contributed by atoms with E-state index >= 15 is 0 Å². The van der Waals surface area contributed by atoms with Crippen LogP contribution in [0.25, 0.3) is 0 Å². The van der Waals surface area contributed by atoms with E-state index in [0.29, 0.717) is 5.92 Å². The molecule has 3 nitrogen and oxygen atoms in total. The van der Waals surface area contributed by atoms with Crippen molar-refractivity contribution in [2.75, 3.05) is 13.2 Å². The van der Waals surface area contributed by atoms with Gasteiger partial charge in [-0.1, -0.05) is 13.8 Å². The van der Waals surface area contributed by atoms with Gasteiger partial charge in [0, 0.05) is 6.20 Å². The van der Waals surface area contributed by atoms with Crippen molar-refractivity contribution in [2.24, 2.45) is 5.92 Å². The molecule has 1 N–H and O–H groups in total. The van der Waals surface area contributed by atoms with E-state index in [-0.39, 0.29) is 5.54 Å². The predicted octanol–water partition coefficient (Wildman–Crippen LogP) is 2.24. The smallest absolute Gasteiger partial charge is 0.137 e. The minimum atomic E-state index is 0.149. The summed E-state index contributed by atoms with van der Waals surface area (Å²) in [6.45, 7) is 6.35. The third kappa shape index (κ3) is 2.35. The molecule has 0 aromatic carbocycles. The maximum atomic E-state index is 5.83. The maximum absolute atomic E-state index is 5.83. The van der Waals surface area contributed by atoms with E-state index in [1.54, 1.807) is 12.4 Å². The average Bonchev–Trinajstić information content (AvgIpc) is 2.78. The second kappa shape index (κ2) is 4.83. The second-order valence-corrected chi connectivity index (χ2v) is 4.82. The zero-order valence-electron chi connectivity index (χ0n) is 10.1. The van der Waals surface area contributed by atoms with Crippen LogP contribution in [0.1, 0.15) is 26.7 Å². The fourth-order valence-electron chi connectivity index (χ4n) is 2.26. The molecule has 2 rings (SSSR count). The number of hydrogen-bond acceptors (Lipinski definition) is 3.